The fourth-order valence-electron chi connectivity index (χ4n) is 2.97. The fourth-order valence-corrected chi connectivity index (χ4v) is 3.85. The predicted octanol–water partition coefficient (Wildman–Crippen LogP) is 2.89. The van der Waals surface area contributed by atoms with Gasteiger partial charge in [0.1, 0.15) is 12.4 Å². The van der Waals surface area contributed by atoms with Crippen LogP contribution in [0.4, 0.5) is 0 Å². The van der Waals surface area contributed by atoms with Crippen LogP contribution < -0.4 is 19.5 Å². The van der Waals surface area contributed by atoms with E-state index in [4.69, 9.17) is 9.15 Å². The van der Waals surface area contributed by atoms with Gasteiger partial charge in [-0.25, -0.2) is 4.79 Å². The van der Waals surface area contributed by atoms with Crippen molar-refractivity contribution in [2.24, 2.45) is 0 Å². The molecule has 4 aromatic rings. The molecule has 33 heavy (non-hydrogen) atoms. The summed E-state index contributed by atoms with van der Waals surface area (Å²) >= 11 is 1.19. The molecule has 0 spiro atoms. The molecule has 2 aromatic heterocycles. The number of benzene rings is 2. The molecule has 0 radical (unpaired) electrons. The molecular formula is C25H19NO6S. The lowest BCUT2D eigenvalue weighted by atomic mass is 10.1. The van der Waals surface area contributed by atoms with Crippen LogP contribution in [0.15, 0.2) is 76.1 Å². The Kier molecular flexibility index (Phi) is 6.66. The van der Waals surface area contributed by atoms with E-state index < -0.39 is 0 Å². The lowest BCUT2D eigenvalue weighted by Gasteiger charge is -2.07. The predicted molar refractivity (Wildman–Crippen MR) is 124 cm³/mol. The highest BCUT2D eigenvalue weighted by molar-refractivity contribution is 7.07. The Morgan fingerprint density at radius 2 is 1.82 bits per heavy atom. The van der Waals surface area contributed by atoms with E-state index in [1.807, 2.05) is 36.4 Å². The Morgan fingerprint density at radius 1 is 1.06 bits per heavy atom. The van der Waals surface area contributed by atoms with E-state index in [0.29, 0.717) is 27.1 Å². The summed E-state index contributed by atoms with van der Waals surface area (Å²) in [6.45, 7) is 0.345. The van der Waals surface area contributed by atoms with Gasteiger partial charge in [0.2, 0.25) is 5.78 Å². The summed E-state index contributed by atoms with van der Waals surface area (Å²) in [5.74, 6) is 0.186. The Hall–Kier alpha value is -4.17. The molecule has 0 atom stereocenters. The molecule has 0 amide bonds. The maximum absolute atomic E-state index is 12.2. The lowest BCUT2D eigenvalue weighted by Crippen LogP contribution is -2.19. The number of aromatic nitrogens is 1. The first-order valence-corrected chi connectivity index (χ1v) is 10.7. The number of hydrogen-bond acceptors (Lipinski definition) is 7. The smallest absolute Gasteiger partial charge is 0.337 e. The van der Waals surface area contributed by atoms with Crippen molar-refractivity contribution in [3.8, 4) is 5.75 Å². The summed E-state index contributed by atoms with van der Waals surface area (Å²) in [5.41, 5.74) is 1.95. The zero-order chi connectivity index (χ0) is 23.2. The summed E-state index contributed by atoms with van der Waals surface area (Å²) < 4.78 is 16.5. The van der Waals surface area contributed by atoms with E-state index in [-0.39, 0.29) is 23.1 Å². The second kappa shape index (κ2) is 9.97. The molecule has 4 rings (SSSR count). The average molecular weight is 461 g/mol. The highest BCUT2D eigenvalue weighted by Gasteiger charge is 2.06. The van der Waals surface area contributed by atoms with Gasteiger partial charge < -0.3 is 18.9 Å². The normalized spacial score (nSPS) is 12.0. The van der Waals surface area contributed by atoms with Crippen molar-refractivity contribution in [1.82, 2.24) is 4.98 Å². The van der Waals surface area contributed by atoms with Gasteiger partial charge in [-0.2, -0.15) is 0 Å². The van der Waals surface area contributed by atoms with Crippen LogP contribution >= 0.6 is 11.3 Å². The van der Waals surface area contributed by atoms with Crippen LogP contribution in [0, 0.1) is 0 Å². The van der Waals surface area contributed by atoms with Crippen LogP contribution in [0.3, 0.4) is 0 Å². The fraction of sp³-hybridized carbons (Fsp3) is 0.0800. The zero-order valence-electron chi connectivity index (χ0n) is 17.6. The molecular weight excluding hydrogens is 442 g/mol. The van der Waals surface area contributed by atoms with Crippen LogP contribution in [-0.4, -0.2) is 23.8 Å². The number of carbonyl (C=O) groups is 2. The molecule has 0 aliphatic heterocycles. The summed E-state index contributed by atoms with van der Waals surface area (Å²) in [6, 6.07) is 17.5. The Bertz CT molecular complexity index is 1430. The number of aromatic amines is 1. The monoisotopic (exact) mass is 461 g/mol. The standard InChI is InChI=1S/C25H19NO6S/c1-30-25(29)18-8-4-17(5-9-18)15-32-19-10-6-16(7-11-19)13-22-24(28)26-23(33-22)14-20(27)21-3-2-12-31-21/h2-14H,15H2,1H3,(H,26,28)/b22-13+,23-14-. The van der Waals surface area contributed by atoms with Gasteiger partial charge >= 0.3 is 5.97 Å². The number of ketones is 1. The molecule has 8 heteroatoms. The van der Waals surface area contributed by atoms with E-state index in [1.54, 1.807) is 30.3 Å². The molecule has 0 aliphatic carbocycles. The third-order valence-corrected chi connectivity index (χ3v) is 5.63. The topological polar surface area (TPSA) is 98.6 Å². The Morgan fingerprint density at radius 3 is 2.48 bits per heavy atom. The molecule has 0 fully saturated rings. The van der Waals surface area contributed by atoms with E-state index in [9.17, 15) is 14.4 Å². The maximum Gasteiger partial charge on any atom is 0.337 e. The number of methoxy groups -OCH3 is 1. The molecule has 2 heterocycles. The minimum atomic E-state index is -0.381. The number of furan rings is 1. The lowest BCUT2D eigenvalue weighted by molar-refractivity contribution is 0.0600. The van der Waals surface area contributed by atoms with Gasteiger partial charge in [0, 0.05) is 6.08 Å². The van der Waals surface area contributed by atoms with E-state index >= 15 is 0 Å². The number of ether oxygens (including phenoxy) is 2. The number of rotatable bonds is 7. The second-order valence-electron chi connectivity index (χ2n) is 6.96. The highest BCUT2D eigenvalue weighted by atomic mass is 32.1. The van der Waals surface area contributed by atoms with Crippen molar-refractivity contribution in [3.05, 3.63) is 109 Å². The van der Waals surface area contributed by atoms with E-state index in [0.717, 1.165) is 11.1 Å². The molecule has 166 valence electrons. The summed E-state index contributed by atoms with van der Waals surface area (Å²) in [5, 5.41) is 0. The minimum absolute atomic E-state index is 0.213. The van der Waals surface area contributed by atoms with Gasteiger partial charge in [-0.1, -0.05) is 24.3 Å². The van der Waals surface area contributed by atoms with Gasteiger partial charge in [0.15, 0.2) is 5.76 Å². The molecule has 0 bridgehead atoms. The van der Waals surface area contributed by atoms with E-state index in [1.165, 1.54) is 30.8 Å². The molecule has 0 unspecified atom stereocenters. The van der Waals surface area contributed by atoms with Crippen molar-refractivity contribution in [1.29, 1.82) is 0 Å². The van der Waals surface area contributed by atoms with Gasteiger partial charge in [0.05, 0.1) is 28.1 Å². The van der Waals surface area contributed by atoms with Crippen LogP contribution in [-0.2, 0) is 11.3 Å². The van der Waals surface area contributed by atoms with Crippen molar-refractivity contribution < 1.29 is 23.5 Å². The Balaban J connectivity index is 1.43. The zero-order valence-corrected chi connectivity index (χ0v) is 18.4. The average Bonchev–Trinajstić information content (AvgIpc) is 3.49. The largest absolute Gasteiger partial charge is 0.489 e. The first-order valence-electron chi connectivity index (χ1n) is 9.92. The van der Waals surface area contributed by atoms with Crippen LogP contribution in [0.2, 0.25) is 0 Å². The van der Waals surface area contributed by atoms with Crippen molar-refractivity contribution in [2.75, 3.05) is 7.11 Å². The molecule has 7 nitrogen and oxygen atoms in total. The SMILES string of the molecule is COC(=O)c1ccc(COc2ccc(/C=c3/s/c(=C\C(=O)c4ccco4)[nH]c3=O)cc2)cc1. The first kappa shape index (κ1) is 22.0. The summed E-state index contributed by atoms with van der Waals surface area (Å²) in [7, 11) is 1.34. The number of thiazole rings is 1. The van der Waals surface area contributed by atoms with Crippen LogP contribution in [0.25, 0.3) is 12.2 Å². The third-order valence-electron chi connectivity index (χ3n) is 4.67. The highest BCUT2D eigenvalue weighted by Crippen LogP contribution is 2.15. The molecule has 0 saturated heterocycles. The number of nitrogens with one attached hydrogen (secondary N) is 1. The molecule has 0 aliphatic rings. The van der Waals surface area contributed by atoms with Gasteiger partial charge in [-0.05, 0) is 53.6 Å². The molecule has 2 aromatic carbocycles. The quantitative estimate of drug-likeness (QED) is 0.336. The summed E-state index contributed by atoms with van der Waals surface area (Å²) in [6.07, 6.45) is 4.51. The van der Waals surface area contributed by atoms with Crippen molar-refractivity contribution >= 4 is 35.2 Å². The molecule has 1 N–H and O–H groups in total. The van der Waals surface area contributed by atoms with Gasteiger partial charge in [0.25, 0.3) is 5.56 Å². The first-order chi connectivity index (χ1) is 16.0. The number of hydrogen-bond donors (Lipinski definition) is 1. The van der Waals surface area contributed by atoms with Crippen molar-refractivity contribution in [3.63, 3.8) is 0 Å². The number of esters is 1. The number of Topliss-reactive ketones (excluding diaryl/α,β-unsaturated/α-hetero) is 1. The Labute approximate surface area is 192 Å². The van der Waals surface area contributed by atoms with Gasteiger partial charge in [-0.3, -0.25) is 9.59 Å². The third kappa shape index (κ3) is 5.55. The van der Waals surface area contributed by atoms with Crippen LogP contribution in [0.5, 0.6) is 5.75 Å². The van der Waals surface area contributed by atoms with Gasteiger partial charge in [-0.15, -0.1) is 11.3 Å². The summed E-state index contributed by atoms with van der Waals surface area (Å²) in [4.78, 5) is 38.5. The minimum Gasteiger partial charge on any atom is -0.489 e. The number of carbonyl (C=O) groups excluding carboxylic acids is 2. The van der Waals surface area contributed by atoms with Crippen LogP contribution in [0.1, 0.15) is 32.0 Å². The maximum atomic E-state index is 12.2. The van der Waals surface area contributed by atoms with E-state index in [2.05, 4.69) is 9.72 Å². The second-order valence-corrected chi connectivity index (χ2v) is 8.04. The van der Waals surface area contributed by atoms with Crippen molar-refractivity contribution in [2.45, 2.75) is 6.61 Å². The molecule has 0 saturated carbocycles. The number of H-pyrrole nitrogens is 1.